The Balaban J connectivity index is 1.74. The van der Waals surface area contributed by atoms with Crippen LogP contribution in [0.2, 0.25) is 0 Å². The number of hydrogen-bond acceptors (Lipinski definition) is 3. The van der Waals surface area contributed by atoms with Crippen LogP contribution in [-0.2, 0) is 6.54 Å². The van der Waals surface area contributed by atoms with Gasteiger partial charge in [0, 0.05) is 37.2 Å². The van der Waals surface area contributed by atoms with E-state index in [-0.39, 0.29) is 6.04 Å². The molecule has 0 bridgehead atoms. The van der Waals surface area contributed by atoms with Crippen molar-refractivity contribution in [1.82, 2.24) is 4.90 Å². The SMILES string of the molecule is COc1ccc(C)cc1CN1C[C@@H](N)[C@H](c2ccccc2)C1. The van der Waals surface area contributed by atoms with Crippen molar-refractivity contribution in [1.29, 1.82) is 0 Å². The molecule has 0 amide bonds. The van der Waals surface area contributed by atoms with Gasteiger partial charge in [0.2, 0.25) is 0 Å². The Kier molecular flexibility index (Phi) is 4.46. The molecule has 22 heavy (non-hydrogen) atoms. The van der Waals surface area contributed by atoms with Crippen molar-refractivity contribution in [2.75, 3.05) is 20.2 Å². The van der Waals surface area contributed by atoms with E-state index in [1.807, 2.05) is 0 Å². The first-order chi connectivity index (χ1) is 10.7. The zero-order chi connectivity index (χ0) is 15.5. The molecule has 1 saturated heterocycles. The van der Waals surface area contributed by atoms with Crippen LogP contribution in [-0.4, -0.2) is 31.1 Å². The molecule has 116 valence electrons. The van der Waals surface area contributed by atoms with Crippen molar-refractivity contribution in [2.24, 2.45) is 5.73 Å². The minimum Gasteiger partial charge on any atom is -0.496 e. The van der Waals surface area contributed by atoms with E-state index in [4.69, 9.17) is 10.5 Å². The normalized spacial score (nSPS) is 22.0. The second-order valence-electron chi connectivity index (χ2n) is 6.19. The standard InChI is InChI=1S/C19H24N2O/c1-14-8-9-19(22-2)16(10-14)11-21-12-17(18(20)13-21)15-6-4-3-5-7-15/h3-10,17-18H,11-13,20H2,1-2H3/t17-,18+/m0/s1. The Bertz CT molecular complexity index is 627. The summed E-state index contributed by atoms with van der Waals surface area (Å²) in [7, 11) is 1.73. The number of aryl methyl sites for hydroxylation is 1. The van der Waals surface area contributed by atoms with Crippen molar-refractivity contribution >= 4 is 0 Å². The molecule has 0 aromatic heterocycles. The fourth-order valence-corrected chi connectivity index (χ4v) is 3.37. The van der Waals surface area contributed by atoms with Crippen LogP contribution in [0.3, 0.4) is 0 Å². The average molecular weight is 296 g/mol. The number of rotatable bonds is 4. The van der Waals surface area contributed by atoms with Gasteiger partial charge in [-0.3, -0.25) is 4.90 Å². The molecule has 0 radical (unpaired) electrons. The lowest BCUT2D eigenvalue weighted by Crippen LogP contribution is -2.28. The van der Waals surface area contributed by atoms with Crippen molar-refractivity contribution in [3.05, 3.63) is 65.2 Å². The molecule has 1 aliphatic heterocycles. The number of nitrogens with zero attached hydrogens (tertiary/aromatic N) is 1. The predicted molar refractivity (Wildman–Crippen MR) is 90.2 cm³/mol. The molecule has 3 heteroatoms. The summed E-state index contributed by atoms with van der Waals surface area (Å²) in [5.74, 6) is 1.37. The van der Waals surface area contributed by atoms with Gasteiger partial charge < -0.3 is 10.5 Å². The predicted octanol–water partition coefficient (Wildman–Crippen LogP) is 2.93. The Morgan fingerprint density at radius 2 is 1.91 bits per heavy atom. The number of nitrogens with two attached hydrogens (primary N) is 1. The number of benzene rings is 2. The first kappa shape index (κ1) is 15.1. The number of likely N-dealkylation sites (tertiary alicyclic amines) is 1. The van der Waals surface area contributed by atoms with Gasteiger partial charge >= 0.3 is 0 Å². The maximum atomic E-state index is 6.38. The van der Waals surface area contributed by atoms with Gasteiger partial charge in [0.15, 0.2) is 0 Å². The van der Waals surface area contributed by atoms with E-state index < -0.39 is 0 Å². The summed E-state index contributed by atoms with van der Waals surface area (Å²) in [4.78, 5) is 2.43. The van der Waals surface area contributed by atoms with Crippen LogP contribution in [0.5, 0.6) is 5.75 Å². The second kappa shape index (κ2) is 6.51. The topological polar surface area (TPSA) is 38.5 Å². The third-order valence-corrected chi connectivity index (χ3v) is 4.50. The highest BCUT2D eigenvalue weighted by atomic mass is 16.5. The lowest BCUT2D eigenvalue weighted by molar-refractivity contribution is 0.314. The molecule has 2 N–H and O–H groups in total. The number of hydrogen-bond donors (Lipinski definition) is 1. The van der Waals surface area contributed by atoms with Crippen LogP contribution >= 0.6 is 0 Å². The highest BCUT2D eigenvalue weighted by molar-refractivity contribution is 5.37. The largest absolute Gasteiger partial charge is 0.496 e. The zero-order valence-corrected chi connectivity index (χ0v) is 13.3. The smallest absolute Gasteiger partial charge is 0.123 e. The van der Waals surface area contributed by atoms with Gasteiger partial charge in [-0.25, -0.2) is 0 Å². The summed E-state index contributed by atoms with van der Waals surface area (Å²) in [6, 6.07) is 17.1. The zero-order valence-electron chi connectivity index (χ0n) is 13.3. The molecule has 1 heterocycles. The van der Waals surface area contributed by atoms with Crippen LogP contribution in [0.25, 0.3) is 0 Å². The summed E-state index contributed by atoms with van der Waals surface area (Å²) < 4.78 is 5.49. The van der Waals surface area contributed by atoms with Gasteiger partial charge in [-0.1, -0.05) is 48.0 Å². The van der Waals surface area contributed by atoms with Crippen LogP contribution in [0.15, 0.2) is 48.5 Å². The minimum atomic E-state index is 0.193. The summed E-state index contributed by atoms with van der Waals surface area (Å²) in [6.45, 7) is 4.94. The fourth-order valence-electron chi connectivity index (χ4n) is 3.37. The van der Waals surface area contributed by atoms with Crippen molar-refractivity contribution in [3.8, 4) is 5.75 Å². The van der Waals surface area contributed by atoms with Crippen molar-refractivity contribution in [2.45, 2.75) is 25.4 Å². The molecular formula is C19H24N2O. The molecule has 2 aromatic rings. The number of ether oxygens (including phenoxy) is 1. The molecule has 1 fully saturated rings. The molecule has 3 rings (SSSR count). The first-order valence-corrected chi connectivity index (χ1v) is 7.84. The maximum Gasteiger partial charge on any atom is 0.123 e. The molecule has 1 aliphatic rings. The molecule has 0 aliphatic carbocycles. The van der Waals surface area contributed by atoms with Crippen molar-refractivity contribution in [3.63, 3.8) is 0 Å². The summed E-state index contributed by atoms with van der Waals surface area (Å²) in [5.41, 5.74) is 10.2. The van der Waals surface area contributed by atoms with Gasteiger partial charge in [-0.2, -0.15) is 0 Å². The first-order valence-electron chi connectivity index (χ1n) is 7.84. The monoisotopic (exact) mass is 296 g/mol. The molecule has 0 spiro atoms. The fraction of sp³-hybridized carbons (Fsp3) is 0.368. The summed E-state index contributed by atoms with van der Waals surface area (Å²) in [6.07, 6.45) is 0. The van der Waals surface area contributed by atoms with E-state index in [1.54, 1.807) is 7.11 Å². The summed E-state index contributed by atoms with van der Waals surface area (Å²) in [5, 5.41) is 0. The average Bonchev–Trinajstić information content (AvgIpc) is 2.89. The third-order valence-electron chi connectivity index (χ3n) is 4.50. The number of methoxy groups -OCH3 is 1. The Labute approximate surface area is 132 Å². The third kappa shape index (κ3) is 3.16. The van der Waals surface area contributed by atoms with E-state index in [2.05, 4.69) is 60.4 Å². The lowest BCUT2D eigenvalue weighted by Gasteiger charge is -2.18. The van der Waals surface area contributed by atoms with Crippen LogP contribution < -0.4 is 10.5 Å². The Morgan fingerprint density at radius 1 is 1.14 bits per heavy atom. The quantitative estimate of drug-likeness (QED) is 0.943. The van der Waals surface area contributed by atoms with E-state index in [1.165, 1.54) is 16.7 Å². The van der Waals surface area contributed by atoms with Crippen molar-refractivity contribution < 1.29 is 4.74 Å². The highest BCUT2D eigenvalue weighted by Gasteiger charge is 2.31. The van der Waals surface area contributed by atoms with E-state index in [0.717, 1.165) is 25.4 Å². The van der Waals surface area contributed by atoms with Crippen LogP contribution in [0.1, 0.15) is 22.6 Å². The molecule has 0 saturated carbocycles. The minimum absolute atomic E-state index is 0.193. The second-order valence-corrected chi connectivity index (χ2v) is 6.19. The highest BCUT2D eigenvalue weighted by Crippen LogP contribution is 2.29. The molecule has 2 atom stereocenters. The Morgan fingerprint density at radius 3 is 2.64 bits per heavy atom. The van der Waals surface area contributed by atoms with Crippen LogP contribution in [0, 0.1) is 6.92 Å². The molecule has 2 aromatic carbocycles. The van der Waals surface area contributed by atoms with Gasteiger partial charge in [0.25, 0.3) is 0 Å². The van der Waals surface area contributed by atoms with Gasteiger partial charge in [0.05, 0.1) is 7.11 Å². The van der Waals surface area contributed by atoms with Gasteiger partial charge in [0.1, 0.15) is 5.75 Å². The molecular weight excluding hydrogens is 272 g/mol. The van der Waals surface area contributed by atoms with Crippen LogP contribution in [0.4, 0.5) is 0 Å². The van der Waals surface area contributed by atoms with Gasteiger partial charge in [-0.05, 0) is 18.6 Å². The van der Waals surface area contributed by atoms with Gasteiger partial charge in [-0.15, -0.1) is 0 Å². The van der Waals surface area contributed by atoms with E-state index in [9.17, 15) is 0 Å². The van der Waals surface area contributed by atoms with E-state index in [0.29, 0.717) is 5.92 Å². The maximum absolute atomic E-state index is 6.38. The molecule has 0 unspecified atom stereocenters. The lowest BCUT2D eigenvalue weighted by atomic mass is 9.95. The summed E-state index contributed by atoms with van der Waals surface area (Å²) >= 11 is 0. The van der Waals surface area contributed by atoms with E-state index >= 15 is 0 Å². The Hall–Kier alpha value is -1.84. The molecule has 3 nitrogen and oxygen atoms in total.